The lowest BCUT2D eigenvalue weighted by Crippen LogP contribution is -2.20. The Bertz CT molecular complexity index is 468. The second kappa shape index (κ2) is 4.04. The average Bonchev–Trinajstić information content (AvgIpc) is 2.27. The van der Waals surface area contributed by atoms with Crippen LogP contribution in [0.25, 0.3) is 0 Å². The molecule has 3 nitrogen and oxygen atoms in total. The van der Waals surface area contributed by atoms with Gasteiger partial charge in [0, 0.05) is 18.5 Å². The first-order chi connectivity index (χ1) is 7.61. The van der Waals surface area contributed by atoms with Crippen LogP contribution in [-0.2, 0) is 11.2 Å². The van der Waals surface area contributed by atoms with E-state index in [-0.39, 0.29) is 23.7 Å². The largest absolute Gasteiger partial charge is 0.326 e. The van der Waals surface area contributed by atoms with E-state index in [0.717, 1.165) is 5.56 Å². The highest BCUT2D eigenvalue weighted by Gasteiger charge is 2.19. The summed E-state index contributed by atoms with van der Waals surface area (Å²) in [4.78, 5) is 22.6. The Morgan fingerprint density at radius 1 is 1.44 bits per heavy atom. The molecule has 16 heavy (non-hydrogen) atoms. The van der Waals surface area contributed by atoms with Gasteiger partial charge < -0.3 is 5.32 Å². The second-order valence-electron chi connectivity index (χ2n) is 3.81. The van der Waals surface area contributed by atoms with Crippen LogP contribution in [0, 0.1) is 5.82 Å². The fraction of sp³-hybridized carbons (Fsp3) is 0.333. The lowest BCUT2D eigenvalue weighted by atomic mass is 9.97. The molecule has 0 bridgehead atoms. The maximum absolute atomic E-state index is 13.6. The predicted octanol–water partition coefficient (Wildman–Crippen LogP) is 2.30. The van der Waals surface area contributed by atoms with Gasteiger partial charge >= 0.3 is 0 Å². The summed E-state index contributed by atoms with van der Waals surface area (Å²) in [6, 6.07) is 2.78. The first-order valence-corrected chi connectivity index (χ1v) is 5.27. The molecule has 1 aromatic rings. The standard InChI is InChI=1S/C12H12FNO2/c1-2-11(15)8-5-7-3-4-12(16)14-10(7)6-9(8)13/h5-6H,2-4H2,1H3,(H,14,16). The number of rotatable bonds is 2. The van der Waals surface area contributed by atoms with E-state index in [1.54, 1.807) is 13.0 Å². The summed E-state index contributed by atoms with van der Waals surface area (Å²) in [6.07, 6.45) is 1.23. The lowest BCUT2D eigenvalue weighted by Gasteiger charge is -2.17. The zero-order chi connectivity index (χ0) is 11.7. The Labute approximate surface area is 92.7 Å². The van der Waals surface area contributed by atoms with Crippen molar-refractivity contribution >= 4 is 17.4 Å². The van der Waals surface area contributed by atoms with Crippen LogP contribution in [0.4, 0.5) is 10.1 Å². The summed E-state index contributed by atoms with van der Waals surface area (Å²) in [5.41, 5.74) is 1.44. The van der Waals surface area contributed by atoms with Crippen molar-refractivity contribution in [2.45, 2.75) is 26.2 Å². The normalized spacial score (nSPS) is 14.2. The number of benzene rings is 1. The molecule has 0 atom stereocenters. The number of ketones is 1. The number of carbonyl (C=O) groups excluding carboxylic acids is 2. The van der Waals surface area contributed by atoms with Gasteiger partial charge in [0.15, 0.2) is 5.78 Å². The first-order valence-electron chi connectivity index (χ1n) is 5.27. The topological polar surface area (TPSA) is 46.2 Å². The first kappa shape index (κ1) is 10.8. The molecule has 0 aromatic heterocycles. The highest BCUT2D eigenvalue weighted by Crippen LogP contribution is 2.26. The third-order valence-corrected chi connectivity index (χ3v) is 2.71. The molecular weight excluding hydrogens is 209 g/mol. The van der Waals surface area contributed by atoms with Crippen molar-refractivity contribution in [2.75, 3.05) is 5.32 Å². The minimum absolute atomic E-state index is 0.110. The number of carbonyl (C=O) groups is 2. The van der Waals surface area contributed by atoms with Gasteiger partial charge in [-0.3, -0.25) is 9.59 Å². The van der Waals surface area contributed by atoms with Crippen LogP contribution in [0.3, 0.4) is 0 Å². The summed E-state index contributed by atoms with van der Waals surface area (Å²) in [5.74, 6) is -0.883. The van der Waals surface area contributed by atoms with Gasteiger partial charge in [-0.25, -0.2) is 4.39 Å². The van der Waals surface area contributed by atoms with Crippen molar-refractivity contribution in [2.24, 2.45) is 0 Å². The molecule has 0 radical (unpaired) electrons. The molecule has 0 fully saturated rings. The van der Waals surface area contributed by atoms with Gasteiger partial charge in [0.05, 0.1) is 5.56 Å². The van der Waals surface area contributed by atoms with E-state index in [4.69, 9.17) is 0 Å². The molecule has 1 aromatic carbocycles. The van der Waals surface area contributed by atoms with E-state index in [2.05, 4.69) is 5.32 Å². The number of hydrogen-bond donors (Lipinski definition) is 1. The van der Waals surface area contributed by atoms with Gasteiger partial charge in [-0.1, -0.05) is 6.92 Å². The van der Waals surface area contributed by atoms with Crippen molar-refractivity contribution in [3.8, 4) is 0 Å². The van der Waals surface area contributed by atoms with Crippen LogP contribution in [0.15, 0.2) is 12.1 Å². The smallest absolute Gasteiger partial charge is 0.224 e. The molecule has 0 saturated heterocycles. The summed E-state index contributed by atoms with van der Waals surface area (Å²) >= 11 is 0. The average molecular weight is 221 g/mol. The number of Topliss-reactive ketones (excluding diaryl/α,β-unsaturated/α-hetero) is 1. The molecule has 0 saturated carbocycles. The van der Waals surface area contributed by atoms with Gasteiger partial charge in [-0.05, 0) is 24.1 Å². The van der Waals surface area contributed by atoms with E-state index in [0.29, 0.717) is 18.5 Å². The van der Waals surface area contributed by atoms with Gasteiger partial charge in [-0.15, -0.1) is 0 Å². The maximum Gasteiger partial charge on any atom is 0.224 e. The van der Waals surface area contributed by atoms with Crippen LogP contribution in [-0.4, -0.2) is 11.7 Å². The van der Waals surface area contributed by atoms with E-state index in [1.165, 1.54) is 6.07 Å². The molecule has 0 aliphatic carbocycles. The molecular formula is C12H12FNO2. The van der Waals surface area contributed by atoms with Gasteiger partial charge in [0.2, 0.25) is 5.91 Å². The third-order valence-electron chi connectivity index (χ3n) is 2.71. The molecule has 1 aliphatic rings. The number of halogens is 1. The number of nitrogens with one attached hydrogen (secondary N) is 1. The quantitative estimate of drug-likeness (QED) is 0.779. The second-order valence-corrected chi connectivity index (χ2v) is 3.81. The Balaban J connectivity index is 2.45. The number of anilines is 1. The van der Waals surface area contributed by atoms with E-state index < -0.39 is 5.82 Å². The Morgan fingerprint density at radius 2 is 2.19 bits per heavy atom. The molecule has 84 valence electrons. The number of hydrogen-bond acceptors (Lipinski definition) is 2. The highest BCUT2D eigenvalue weighted by atomic mass is 19.1. The van der Waals surface area contributed by atoms with Gasteiger partial charge in [-0.2, -0.15) is 0 Å². The highest BCUT2D eigenvalue weighted by molar-refractivity contribution is 5.99. The molecule has 0 unspecified atom stereocenters. The molecule has 1 aliphatic heterocycles. The van der Waals surface area contributed by atoms with Gasteiger partial charge in [0.1, 0.15) is 5.82 Å². The number of fused-ring (bicyclic) bond motifs is 1. The van der Waals surface area contributed by atoms with Crippen LogP contribution in [0.1, 0.15) is 35.7 Å². The van der Waals surface area contributed by atoms with Gasteiger partial charge in [0.25, 0.3) is 0 Å². The van der Waals surface area contributed by atoms with E-state index in [9.17, 15) is 14.0 Å². The van der Waals surface area contributed by atoms with E-state index in [1.807, 2.05) is 0 Å². The van der Waals surface area contributed by atoms with Crippen LogP contribution in [0.5, 0.6) is 0 Å². The summed E-state index contributed by atoms with van der Waals surface area (Å²) in [6.45, 7) is 1.70. The minimum atomic E-state index is -0.562. The van der Waals surface area contributed by atoms with Crippen molar-refractivity contribution in [3.05, 3.63) is 29.1 Å². The molecule has 2 rings (SSSR count). The Hall–Kier alpha value is -1.71. The van der Waals surface area contributed by atoms with E-state index >= 15 is 0 Å². The zero-order valence-corrected chi connectivity index (χ0v) is 8.97. The van der Waals surface area contributed by atoms with Crippen molar-refractivity contribution < 1.29 is 14.0 Å². The third kappa shape index (κ3) is 1.83. The number of amides is 1. The summed E-state index contributed by atoms with van der Waals surface area (Å²) in [5, 5.41) is 2.59. The Morgan fingerprint density at radius 3 is 2.88 bits per heavy atom. The molecule has 4 heteroatoms. The molecule has 1 N–H and O–H groups in total. The fourth-order valence-corrected chi connectivity index (χ4v) is 1.81. The Kier molecular flexibility index (Phi) is 2.73. The molecule has 1 heterocycles. The summed E-state index contributed by atoms with van der Waals surface area (Å²) < 4.78 is 13.6. The molecule has 0 spiro atoms. The van der Waals surface area contributed by atoms with Crippen LogP contribution >= 0.6 is 0 Å². The lowest BCUT2D eigenvalue weighted by molar-refractivity contribution is -0.116. The van der Waals surface area contributed by atoms with Crippen molar-refractivity contribution in [1.82, 2.24) is 0 Å². The van der Waals surface area contributed by atoms with Crippen LogP contribution < -0.4 is 5.32 Å². The van der Waals surface area contributed by atoms with Crippen molar-refractivity contribution in [3.63, 3.8) is 0 Å². The molecule has 1 amide bonds. The minimum Gasteiger partial charge on any atom is -0.326 e. The number of aryl methyl sites for hydroxylation is 1. The predicted molar refractivity (Wildman–Crippen MR) is 58.0 cm³/mol. The maximum atomic E-state index is 13.6. The SMILES string of the molecule is CCC(=O)c1cc2c(cc1F)NC(=O)CC2. The monoisotopic (exact) mass is 221 g/mol. The zero-order valence-electron chi connectivity index (χ0n) is 8.97. The van der Waals surface area contributed by atoms with Crippen LogP contribution in [0.2, 0.25) is 0 Å². The summed E-state index contributed by atoms with van der Waals surface area (Å²) in [7, 11) is 0. The van der Waals surface area contributed by atoms with Crippen molar-refractivity contribution in [1.29, 1.82) is 0 Å². The fourth-order valence-electron chi connectivity index (χ4n) is 1.81.